The Hall–Kier alpha value is -1.73. The Labute approximate surface area is 83.2 Å². The SMILES string of the molecule is CN=C=Nc1ccccc1CC(C)=O. The van der Waals surface area contributed by atoms with Gasteiger partial charge in [-0.15, -0.1) is 0 Å². The minimum absolute atomic E-state index is 0.126. The standard InChI is InChI=1S/C11H12N2O/c1-9(14)7-10-5-3-4-6-11(10)13-8-12-2/h3-6H,7H2,1-2H3. The highest BCUT2D eigenvalue weighted by atomic mass is 16.1. The fourth-order valence-corrected chi connectivity index (χ4v) is 1.14. The summed E-state index contributed by atoms with van der Waals surface area (Å²) in [5, 5.41) is 0. The van der Waals surface area contributed by atoms with E-state index in [4.69, 9.17) is 0 Å². The number of rotatable bonds is 3. The highest BCUT2D eigenvalue weighted by Crippen LogP contribution is 2.18. The number of Topliss-reactive ketones (excluding diaryl/α,β-unsaturated/α-hetero) is 1. The summed E-state index contributed by atoms with van der Waals surface area (Å²) in [7, 11) is 1.61. The first-order valence-corrected chi connectivity index (χ1v) is 4.36. The zero-order valence-electron chi connectivity index (χ0n) is 8.32. The van der Waals surface area contributed by atoms with Gasteiger partial charge in [-0.3, -0.25) is 4.79 Å². The molecule has 0 amide bonds. The van der Waals surface area contributed by atoms with Gasteiger partial charge >= 0.3 is 0 Å². The number of benzene rings is 1. The first-order chi connectivity index (χ1) is 6.74. The van der Waals surface area contributed by atoms with Crippen molar-refractivity contribution in [2.75, 3.05) is 7.05 Å². The summed E-state index contributed by atoms with van der Waals surface area (Å²) < 4.78 is 0. The molecule has 1 aromatic rings. The smallest absolute Gasteiger partial charge is 0.134 e. The average Bonchev–Trinajstić information content (AvgIpc) is 2.16. The van der Waals surface area contributed by atoms with Gasteiger partial charge in [0, 0.05) is 13.5 Å². The average molecular weight is 188 g/mol. The van der Waals surface area contributed by atoms with E-state index in [1.165, 1.54) is 0 Å². The number of hydrogen-bond donors (Lipinski definition) is 0. The topological polar surface area (TPSA) is 41.8 Å². The Morgan fingerprint density at radius 1 is 1.43 bits per heavy atom. The van der Waals surface area contributed by atoms with Crippen LogP contribution in [0.15, 0.2) is 34.3 Å². The van der Waals surface area contributed by atoms with Crippen molar-refractivity contribution in [3.63, 3.8) is 0 Å². The second kappa shape index (κ2) is 5.10. The molecule has 0 N–H and O–H groups in total. The third kappa shape index (κ3) is 2.96. The minimum atomic E-state index is 0.126. The number of carbonyl (C=O) groups is 1. The van der Waals surface area contributed by atoms with Crippen LogP contribution >= 0.6 is 0 Å². The number of hydrogen-bond acceptors (Lipinski definition) is 3. The predicted molar refractivity (Wildman–Crippen MR) is 56.3 cm³/mol. The van der Waals surface area contributed by atoms with Gasteiger partial charge in [0.15, 0.2) is 0 Å². The predicted octanol–water partition coefficient (Wildman–Crippen LogP) is 2.25. The van der Waals surface area contributed by atoms with E-state index in [2.05, 4.69) is 16.0 Å². The van der Waals surface area contributed by atoms with Gasteiger partial charge < -0.3 is 0 Å². The summed E-state index contributed by atoms with van der Waals surface area (Å²) in [6.07, 6.45) is 0.408. The number of aliphatic imine (C=N–C) groups is 2. The van der Waals surface area contributed by atoms with Crippen LogP contribution in [0.3, 0.4) is 0 Å². The van der Waals surface area contributed by atoms with Crippen molar-refractivity contribution in [1.82, 2.24) is 0 Å². The molecule has 0 saturated heterocycles. The van der Waals surface area contributed by atoms with E-state index in [0.29, 0.717) is 6.42 Å². The molecule has 0 aromatic heterocycles. The van der Waals surface area contributed by atoms with Gasteiger partial charge in [0.05, 0.1) is 11.7 Å². The second-order valence-corrected chi connectivity index (χ2v) is 2.94. The highest BCUT2D eigenvalue weighted by molar-refractivity contribution is 5.80. The largest absolute Gasteiger partial charge is 0.300 e. The monoisotopic (exact) mass is 188 g/mol. The molecule has 0 unspecified atom stereocenters. The maximum absolute atomic E-state index is 11.0. The number of nitrogens with zero attached hydrogens (tertiary/aromatic N) is 2. The molecule has 0 saturated carbocycles. The van der Waals surface area contributed by atoms with Crippen LogP contribution in [0.2, 0.25) is 0 Å². The summed E-state index contributed by atoms with van der Waals surface area (Å²) in [4.78, 5) is 18.6. The van der Waals surface area contributed by atoms with E-state index < -0.39 is 0 Å². The molecule has 0 fully saturated rings. The molecule has 0 aliphatic rings. The molecular formula is C11H12N2O. The van der Waals surface area contributed by atoms with E-state index in [-0.39, 0.29) is 5.78 Å². The van der Waals surface area contributed by atoms with Crippen molar-refractivity contribution in [2.24, 2.45) is 9.98 Å². The Bertz CT molecular complexity index is 390. The summed E-state index contributed by atoms with van der Waals surface area (Å²) >= 11 is 0. The molecule has 0 aliphatic carbocycles. The Kier molecular flexibility index (Phi) is 3.77. The van der Waals surface area contributed by atoms with Crippen LogP contribution in [0.5, 0.6) is 0 Å². The quantitative estimate of drug-likeness (QED) is 0.671. The van der Waals surface area contributed by atoms with Crippen LogP contribution in [0.25, 0.3) is 0 Å². The van der Waals surface area contributed by atoms with Crippen molar-refractivity contribution >= 4 is 17.5 Å². The van der Waals surface area contributed by atoms with Crippen molar-refractivity contribution in [2.45, 2.75) is 13.3 Å². The molecule has 72 valence electrons. The molecular weight excluding hydrogens is 176 g/mol. The van der Waals surface area contributed by atoms with Crippen LogP contribution < -0.4 is 0 Å². The summed E-state index contributed by atoms with van der Waals surface area (Å²) in [6, 6.07) is 10.0. The first kappa shape index (κ1) is 10.4. The van der Waals surface area contributed by atoms with E-state index in [1.54, 1.807) is 14.0 Å². The van der Waals surface area contributed by atoms with Crippen LogP contribution in [0.4, 0.5) is 5.69 Å². The van der Waals surface area contributed by atoms with E-state index in [1.807, 2.05) is 24.3 Å². The Morgan fingerprint density at radius 3 is 2.79 bits per heavy atom. The van der Waals surface area contributed by atoms with E-state index in [0.717, 1.165) is 11.3 Å². The van der Waals surface area contributed by atoms with Gasteiger partial charge in [0.25, 0.3) is 0 Å². The summed E-state index contributed by atoms with van der Waals surface area (Å²) in [5.41, 5.74) is 1.67. The van der Waals surface area contributed by atoms with Crippen LogP contribution in [0, 0.1) is 0 Å². The zero-order chi connectivity index (χ0) is 10.4. The maximum Gasteiger partial charge on any atom is 0.134 e. The molecule has 0 atom stereocenters. The molecule has 1 aromatic carbocycles. The zero-order valence-corrected chi connectivity index (χ0v) is 8.32. The fraction of sp³-hybridized carbons (Fsp3) is 0.273. The van der Waals surface area contributed by atoms with Crippen molar-refractivity contribution in [1.29, 1.82) is 0 Å². The third-order valence-electron chi connectivity index (χ3n) is 1.70. The van der Waals surface area contributed by atoms with Crippen LogP contribution in [-0.4, -0.2) is 18.8 Å². The molecule has 0 aliphatic heterocycles. The Balaban J connectivity index is 3.02. The molecule has 14 heavy (non-hydrogen) atoms. The Morgan fingerprint density at radius 2 is 2.14 bits per heavy atom. The van der Waals surface area contributed by atoms with Crippen molar-refractivity contribution in [3.05, 3.63) is 29.8 Å². The van der Waals surface area contributed by atoms with Gasteiger partial charge in [0.2, 0.25) is 0 Å². The highest BCUT2D eigenvalue weighted by Gasteiger charge is 2.02. The van der Waals surface area contributed by atoms with Gasteiger partial charge in [-0.05, 0) is 18.6 Å². The molecule has 0 bridgehead atoms. The van der Waals surface area contributed by atoms with Crippen LogP contribution in [0.1, 0.15) is 12.5 Å². The number of para-hydroxylation sites is 1. The lowest BCUT2D eigenvalue weighted by molar-refractivity contribution is -0.116. The summed E-state index contributed by atoms with van der Waals surface area (Å²) in [5.74, 6) is 0.126. The lowest BCUT2D eigenvalue weighted by Crippen LogP contribution is -1.95. The van der Waals surface area contributed by atoms with Crippen molar-refractivity contribution < 1.29 is 4.79 Å². The van der Waals surface area contributed by atoms with Crippen LogP contribution in [-0.2, 0) is 11.2 Å². The molecule has 0 spiro atoms. The van der Waals surface area contributed by atoms with Gasteiger partial charge in [-0.1, -0.05) is 18.2 Å². The second-order valence-electron chi connectivity index (χ2n) is 2.94. The lowest BCUT2D eigenvalue weighted by atomic mass is 10.1. The molecule has 3 heteroatoms. The maximum atomic E-state index is 11.0. The van der Waals surface area contributed by atoms with Gasteiger partial charge in [0.1, 0.15) is 5.78 Å². The van der Waals surface area contributed by atoms with Gasteiger partial charge in [-0.2, -0.15) is 4.99 Å². The molecule has 3 nitrogen and oxygen atoms in total. The van der Waals surface area contributed by atoms with Gasteiger partial charge in [-0.25, -0.2) is 4.99 Å². The van der Waals surface area contributed by atoms with Crippen molar-refractivity contribution in [3.8, 4) is 0 Å². The number of ketones is 1. The lowest BCUT2D eigenvalue weighted by Gasteiger charge is -2.00. The molecule has 0 radical (unpaired) electrons. The minimum Gasteiger partial charge on any atom is -0.300 e. The number of carbonyl (C=O) groups excluding carboxylic acids is 1. The van der Waals surface area contributed by atoms with E-state index >= 15 is 0 Å². The van der Waals surface area contributed by atoms with E-state index in [9.17, 15) is 4.79 Å². The third-order valence-corrected chi connectivity index (χ3v) is 1.70. The fourth-order valence-electron chi connectivity index (χ4n) is 1.14. The first-order valence-electron chi connectivity index (χ1n) is 4.36. The summed E-state index contributed by atoms with van der Waals surface area (Å²) in [6.45, 7) is 1.56. The molecule has 0 heterocycles. The normalized spacial score (nSPS) is 9.00. The molecule has 1 rings (SSSR count).